The molecule has 1 N–H and O–H groups in total. The number of aliphatic hydroxyl groups is 1. The number of hydrogen-bond donors (Lipinski definition) is 1. The molecule has 0 spiro atoms. The average Bonchev–Trinajstić information content (AvgIpc) is 2.82. The van der Waals surface area contributed by atoms with Gasteiger partial charge in [0.05, 0.1) is 18.2 Å². The number of aliphatic hydroxyl groups excluding tert-OH is 1. The van der Waals surface area contributed by atoms with Crippen LogP contribution in [-0.2, 0) is 9.47 Å². The highest BCUT2D eigenvalue weighted by molar-refractivity contribution is 5.18. The van der Waals surface area contributed by atoms with Crippen molar-refractivity contribution < 1.29 is 14.6 Å². The molecule has 0 bridgehead atoms. The fraction of sp³-hybridized carbons (Fsp3) is 1.00. The molecule has 3 rings (SSSR count). The third-order valence-corrected chi connectivity index (χ3v) is 2.65. The highest BCUT2D eigenvalue weighted by Crippen LogP contribution is 2.49. The zero-order valence-electron chi connectivity index (χ0n) is 6.07. The van der Waals surface area contributed by atoms with E-state index in [1.54, 1.807) is 0 Å². The van der Waals surface area contributed by atoms with Gasteiger partial charge >= 0.3 is 0 Å². The van der Waals surface area contributed by atoms with Crippen molar-refractivity contribution in [2.75, 3.05) is 0 Å². The minimum Gasteiger partial charge on any atom is -0.390 e. The van der Waals surface area contributed by atoms with Gasteiger partial charge in [-0.25, -0.2) is 0 Å². The highest BCUT2D eigenvalue weighted by Gasteiger charge is 2.68. The van der Waals surface area contributed by atoms with E-state index in [0.29, 0.717) is 0 Å². The molecule has 2 saturated heterocycles. The quantitative estimate of drug-likeness (QED) is 0.250. The molecule has 12 heavy (non-hydrogen) atoms. The van der Waals surface area contributed by atoms with Gasteiger partial charge in [-0.1, -0.05) is 5.11 Å². The lowest BCUT2D eigenvalue weighted by Crippen LogP contribution is -2.40. The van der Waals surface area contributed by atoms with E-state index in [1.807, 2.05) is 0 Å². The molecule has 0 aromatic rings. The third-order valence-electron chi connectivity index (χ3n) is 2.65. The Hall–Kier alpha value is -0.810. The summed E-state index contributed by atoms with van der Waals surface area (Å²) in [6.07, 6.45) is -0.845. The normalized spacial score (nSPS) is 59.4. The minimum atomic E-state index is -0.686. The van der Waals surface area contributed by atoms with Crippen LogP contribution in [0.5, 0.6) is 0 Å². The van der Waals surface area contributed by atoms with E-state index in [1.165, 1.54) is 0 Å². The van der Waals surface area contributed by atoms with E-state index >= 15 is 0 Å². The Morgan fingerprint density at radius 1 is 1.17 bits per heavy atom. The van der Waals surface area contributed by atoms with E-state index in [9.17, 15) is 5.11 Å². The number of epoxide rings is 2. The first kappa shape index (κ1) is 6.68. The zero-order chi connectivity index (χ0) is 8.29. The molecule has 6 atom stereocenters. The second kappa shape index (κ2) is 1.92. The largest absolute Gasteiger partial charge is 0.390 e. The Morgan fingerprint density at radius 3 is 2.58 bits per heavy atom. The van der Waals surface area contributed by atoms with Gasteiger partial charge in [-0.3, -0.25) is 0 Å². The lowest BCUT2D eigenvalue weighted by Gasteiger charge is -2.16. The Balaban J connectivity index is 1.87. The molecule has 0 aromatic carbocycles. The van der Waals surface area contributed by atoms with E-state index in [4.69, 9.17) is 15.0 Å². The third kappa shape index (κ3) is 0.676. The topological polar surface area (TPSA) is 94.1 Å². The van der Waals surface area contributed by atoms with Crippen LogP contribution < -0.4 is 0 Å². The van der Waals surface area contributed by atoms with Crippen molar-refractivity contribution in [2.45, 2.75) is 36.6 Å². The second-order valence-electron chi connectivity index (χ2n) is 3.32. The van der Waals surface area contributed by atoms with Crippen molar-refractivity contribution in [1.29, 1.82) is 0 Å². The van der Waals surface area contributed by atoms with Crippen molar-refractivity contribution in [3.05, 3.63) is 10.4 Å². The maximum Gasteiger partial charge on any atom is 0.116 e. The Morgan fingerprint density at radius 2 is 1.83 bits per heavy atom. The molecule has 1 saturated carbocycles. The van der Waals surface area contributed by atoms with Crippen molar-refractivity contribution in [1.82, 2.24) is 0 Å². The standard InChI is InChI=1S/C6H7N3O3/c7-9-8-1-2(10)4-6(12-4)5-3(1)11-5/h1-6,10H/t1-,2-,3-,4+,5-,6+/m0/s1. The molecule has 0 radical (unpaired) electrons. The van der Waals surface area contributed by atoms with Crippen LogP contribution in [0.3, 0.4) is 0 Å². The number of rotatable bonds is 1. The molecule has 0 aromatic heterocycles. The van der Waals surface area contributed by atoms with Crippen LogP contribution in [0.15, 0.2) is 5.11 Å². The van der Waals surface area contributed by atoms with E-state index in [0.717, 1.165) is 0 Å². The monoisotopic (exact) mass is 169 g/mol. The summed E-state index contributed by atoms with van der Waals surface area (Å²) in [4.78, 5) is 2.67. The van der Waals surface area contributed by atoms with E-state index in [2.05, 4.69) is 10.0 Å². The molecule has 2 aliphatic heterocycles. The molecule has 3 fully saturated rings. The summed E-state index contributed by atoms with van der Waals surface area (Å²) in [6, 6.07) is -0.455. The van der Waals surface area contributed by atoms with Crippen molar-refractivity contribution in [3.63, 3.8) is 0 Å². The lowest BCUT2D eigenvalue weighted by atomic mass is 9.93. The highest BCUT2D eigenvalue weighted by atomic mass is 16.7. The summed E-state index contributed by atoms with van der Waals surface area (Å²) in [6.45, 7) is 0. The summed E-state index contributed by atoms with van der Waals surface area (Å²) in [7, 11) is 0. The zero-order valence-corrected chi connectivity index (χ0v) is 6.07. The summed E-state index contributed by atoms with van der Waals surface area (Å²) in [5.74, 6) is 0. The van der Waals surface area contributed by atoms with Crippen molar-refractivity contribution in [2.24, 2.45) is 5.11 Å². The van der Waals surface area contributed by atoms with Crippen LogP contribution in [0.1, 0.15) is 0 Å². The minimum absolute atomic E-state index is 0.0511. The van der Waals surface area contributed by atoms with Gasteiger partial charge in [0.25, 0.3) is 0 Å². The van der Waals surface area contributed by atoms with Crippen LogP contribution in [0.2, 0.25) is 0 Å². The first-order valence-corrected chi connectivity index (χ1v) is 3.86. The SMILES string of the molecule is [N-]=[N+]=N[C@H]1[C@H](O)[C@H]2O[C@H]2[C@H]2O[C@@H]12. The van der Waals surface area contributed by atoms with Gasteiger partial charge in [-0.15, -0.1) is 0 Å². The van der Waals surface area contributed by atoms with Gasteiger partial charge in [0.1, 0.15) is 18.3 Å². The number of fused-ring (bicyclic) bond motifs is 3. The molecule has 1 aliphatic carbocycles. The Kier molecular flexibility index (Phi) is 1.07. The lowest BCUT2D eigenvalue weighted by molar-refractivity contribution is 0.0975. The smallest absolute Gasteiger partial charge is 0.116 e. The van der Waals surface area contributed by atoms with Crippen LogP contribution in [0.4, 0.5) is 0 Å². The molecule has 64 valence electrons. The molecule has 6 heteroatoms. The molecular weight excluding hydrogens is 162 g/mol. The van der Waals surface area contributed by atoms with Crippen molar-refractivity contribution in [3.8, 4) is 0 Å². The Bertz CT molecular complexity index is 277. The maximum atomic E-state index is 9.54. The van der Waals surface area contributed by atoms with E-state index in [-0.39, 0.29) is 24.4 Å². The van der Waals surface area contributed by atoms with Crippen LogP contribution in [0, 0.1) is 0 Å². The van der Waals surface area contributed by atoms with Gasteiger partial charge < -0.3 is 14.6 Å². The van der Waals surface area contributed by atoms with E-state index < -0.39 is 12.1 Å². The molecule has 2 heterocycles. The molecule has 6 nitrogen and oxygen atoms in total. The molecule has 0 unspecified atom stereocenters. The van der Waals surface area contributed by atoms with Crippen LogP contribution >= 0.6 is 0 Å². The maximum absolute atomic E-state index is 9.54. The van der Waals surface area contributed by atoms with Gasteiger partial charge in [-0.2, -0.15) is 0 Å². The van der Waals surface area contributed by atoms with Gasteiger partial charge in [-0.05, 0) is 5.53 Å². The van der Waals surface area contributed by atoms with Crippen LogP contribution in [0.25, 0.3) is 10.4 Å². The first-order chi connectivity index (χ1) is 5.83. The summed E-state index contributed by atoms with van der Waals surface area (Å²) < 4.78 is 10.4. The van der Waals surface area contributed by atoms with Crippen LogP contribution in [-0.4, -0.2) is 41.7 Å². The van der Waals surface area contributed by atoms with Gasteiger partial charge in [0, 0.05) is 4.91 Å². The number of ether oxygens (including phenoxy) is 2. The molecule has 0 amide bonds. The molecular formula is C6H7N3O3. The predicted molar refractivity (Wildman–Crippen MR) is 36.3 cm³/mol. The number of azide groups is 1. The predicted octanol–water partition coefficient (Wildman–Crippen LogP) is -0.425. The fourth-order valence-corrected chi connectivity index (χ4v) is 1.93. The fourth-order valence-electron chi connectivity index (χ4n) is 1.93. The second-order valence-corrected chi connectivity index (χ2v) is 3.32. The average molecular weight is 169 g/mol. The summed E-state index contributed by atoms with van der Waals surface area (Å²) in [5, 5.41) is 13.0. The first-order valence-electron chi connectivity index (χ1n) is 3.86. The van der Waals surface area contributed by atoms with Gasteiger partial charge in [0.15, 0.2) is 0 Å². The summed E-state index contributed by atoms with van der Waals surface area (Å²) >= 11 is 0. The molecule has 3 aliphatic rings. The summed E-state index contributed by atoms with van der Waals surface area (Å²) in [5.41, 5.74) is 8.22. The number of hydrogen-bond acceptors (Lipinski definition) is 4. The Labute approximate surface area is 67.7 Å². The number of nitrogens with zero attached hydrogens (tertiary/aromatic N) is 3. The van der Waals surface area contributed by atoms with Crippen molar-refractivity contribution >= 4 is 0 Å². The van der Waals surface area contributed by atoms with Gasteiger partial charge in [0.2, 0.25) is 0 Å².